The van der Waals surface area contributed by atoms with Gasteiger partial charge >= 0.3 is 0 Å². The first kappa shape index (κ1) is 11.9. The molecule has 2 rings (SSSR count). The van der Waals surface area contributed by atoms with Crippen LogP contribution in [0.2, 0.25) is 0 Å². The van der Waals surface area contributed by atoms with E-state index in [2.05, 4.69) is 23.6 Å². The lowest BCUT2D eigenvalue weighted by atomic mass is 10.2. The van der Waals surface area contributed by atoms with Crippen molar-refractivity contribution >= 4 is 5.91 Å². The second kappa shape index (κ2) is 5.17. The van der Waals surface area contributed by atoms with Crippen LogP contribution in [-0.2, 0) is 4.79 Å². The third-order valence-electron chi connectivity index (χ3n) is 3.51. The van der Waals surface area contributed by atoms with Crippen LogP contribution >= 0.6 is 0 Å². The zero-order chi connectivity index (χ0) is 11.5. The van der Waals surface area contributed by atoms with Crippen molar-refractivity contribution in [3.05, 3.63) is 0 Å². The summed E-state index contributed by atoms with van der Waals surface area (Å²) in [4.78, 5) is 16.4. The molecule has 1 aliphatic carbocycles. The second-order valence-corrected chi connectivity index (χ2v) is 5.72. The molecule has 0 unspecified atom stereocenters. The molecule has 2 fully saturated rings. The third-order valence-corrected chi connectivity index (χ3v) is 3.51. The smallest absolute Gasteiger partial charge is 0.222 e. The molecule has 0 bridgehead atoms. The quantitative estimate of drug-likeness (QED) is 0.724. The van der Waals surface area contributed by atoms with E-state index in [1.54, 1.807) is 0 Å². The molecular weight excluding hydrogens is 200 g/mol. The van der Waals surface area contributed by atoms with Crippen molar-refractivity contribution in [1.82, 2.24) is 9.80 Å². The van der Waals surface area contributed by atoms with Gasteiger partial charge < -0.3 is 4.90 Å². The maximum Gasteiger partial charge on any atom is 0.222 e. The zero-order valence-corrected chi connectivity index (χ0v) is 10.6. The van der Waals surface area contributed by atoms with E-state index in [0.29, 0.717) is 5.91 Å². The van der Waals surface area contributed by atoms with Gasteiger partial charge in [-0.05, 0) is 24.7 Å². The number of rotatable bonds is 4. The van der Waals surface area contributed by atoms with Gasteiger partial charge in [0.15, 0.2) is 0 Å². The van der Waals surface area contributed by atoms with Gasteiger partial charge in [-0.2, -0.15) is 0 Å². The second-order valence-electron chi connectivity index (χ2n) is 5.72. The maximum atomic E-state index is 11.9. The van der Waals surface area contributed by atoms with Gasteiger partial charge in [-0.3, -0.25) is 9.69 Å². The Hall–Kier alpha value is -0.570. The Labute approximate surface area is 98.8 Å². The van der Waals surface area contributed by atoms with Crippen molar-refractivity contribution in [2.24, 2.45) is 11.8 Å². The topological polar surface area (TPSA) is 23.6 Å². The molecule has 1 saturated heterocycles. The molecule has 0 aromatic rings. The lowest BCUT2D eigenvalue weighted by Gasteiger charge is -2.35. The summed E-state index contributed by atoms with van der Waals surface area (Å²) in [5.74, 6) is 1.85. The SMILES string of the molecule is CC(C)CN1CCN(C(=O)CC2CC2)CC1. The molecule has 1 amide bonds. The van der Waals surface area contributed by atoms with Crippen molar-refractivity contribution in [1.29, 1.82) is 0 Å². The fourth-order valence-electron chi connectivity index (χ4n) is 2.39. The predicted molar refractivity (Wildman–Crippen MR) is 65.2 cm³/mol. The lowest BCUT2D eigenvalue weighted by molar-refractivity contribution is -0.133. The number of amides is 1. The van der Waals surface area contributed by atoms with Crippen LogP contribution in [0.1, 0.15) is 33.1 Å². The summed E-state index contributed by atoms with van der Waals surface area (Å²) in [6, 6.07) is 0. The first-order valence-electron chi connectivity index (χ1n) is 6.65. The molecule has 0 aromatic carbocycles. The first-order valence-corrected chi connectivity index (χ1v) is 6.65. The highest BCUT2D eigenvalue weighted by Crippen LogP contribution is 2.32. The van der Waals surface area contributed by atoms with Gasteiger partial charge in [0, 0.05) is 39.1 Å². The van der Waals surface area contributed by atoms with Crippen molar-refractivity contribution in [3.8, 4) is 0 Å². The number of piperazine rings is 1. The Morgan fingerprint density at radius 1 is 1.19 bits per heavy atom. The summed E-state index contributed by atoms with van der Waals surface area (Å²) in [6.07, 6.45) is 3.36. The van der Waals surface area contributed by atoms with E-state index in [1.165, 1.54) is 19.4 Å². The molecule has 1 heterocycles. The Balaban J connectivity index is 1.69. The zero-order valence-electron chi connectivity index (χ0n) is 10.6. The van der Waals surface area contributed by atoms with Gasteiger partial charge in [-0.1, -0.05) is 13.8 Å². The van der Waals surface area contributed by atoms with Crippen LogP contribution in [0.25, 0.3) is 0 Å². The van der Waals surface area contributed by atoms with Crippen LogP contribution in [0.3, 0.4) is 0 Å². The minimum Gasteiger partial charge on any atom is -0.340 e. The number of nitrogens with zero attached hydrogens (tertiary/aromatic N) is 2. The molecule has 16 heavy (non-hydrogen) atoms. The van der Waals surface area contributed by atoms with Crippen molar-refractivity contribution < 1.29 is 4.79 Å². The fourth-order valence-corrected chi connectivity index (χ4v) is 2.39. The summed E-state index contributed by atoms with van der Waals surface area (Å²) in [5.41, 5.74) is 0. The van der Waals surface area contributed by atoms with E-state index in [9.17, 15) is 4.79 Å². The Bertz CT molecular complexity index is 240. The van der Waals surface area contributed by atoms with Gasteiger partial charge in [-0.25, -0.2) is 0 Å². The van der Waals surface area contributed by atoms with Crippen LogP contribution < -0.4 is 0 Å². The van der Waals surface area contributed by atoms with Crippen molar-refractivity contribution in [3.63, 3.8) is 0 Å². The normalized spacial score (nSPS) is 22.8. The summed E-state index contributed by atoms with van der Waals surface area (Å²) in [5, 5.41) is 0. The van der Waals surface area contributed by atoms with Crippen molar-refractivity contribution in [2.45, 2.75) is 33.1 Å². The van der Waals surface area contributed by atoms with Crippen LogP contribution in [0.15, 0.2) is 0 Å². The van der Waals surface area contributed by atoms with Gasteiger partial charge in [0.1, 0.15) is 0 Å². The lowest BCUT2D eigenvalue weighted by Crippen LogP contribution is -2.49. The molecule has 1 aliphatic heterocycles. The average Bonchev–Trinajstić information content (AvgIpc) is 3.01. The maximum absolute atomic E-state index is 11.9. The Kier molecular flexibility index (Phi) is 3.85. The molecule has 0 N–H and O–H groups in total. The predicted octanol–water partition coefficient (Wildman–Crippen LogP) is 1.59. The Morgan fingerprint density at radius 3 is 2.31 bits per heavy atom. The van der Waals surface area contributed by atoms with E-state index in [0.717, 1.165) is 44.4 Å². The first-order chi connectivity index (χ1) is 7.65. The van der Waals surface area contributed by atoms with E-state index in [1.807, 2.05) is 0 Å². The van der Waals surface area contributed by atoms with Gasteiger partial charge in [0.05, 0.1) is 0 Å². The number of hydrogen-bond donors (Lipinski definition) is 0. The van der Waals surface area contributed by atoms with Gasteiger partial charge in [0.2, 0.25) is 5.91 Å². The molecule has 2 aliphatic rings. The van der Waals surface area contributed by atoms with E-state index in [-0.39, 0.29) is 0 Å². The largest absolute Gasteiger partial charge is 0.340 e. The van der Waals surface area contributed by atoms with Crippen LogP contribution in [0, 0.1) is 11.8 Å². The molecule has 1 saturated carbocycles. The molecule has 0 radical (unpaired) electrons. The highest BCUT2D eigenvalue weighted by atomic mass is 16.2. The number of hydrogen-bond acceptors (Lipinski definition) is 2. The van der Waals surface area contributed by atoms with E-state index in [4.69, 9.17) is 0 Å². The summed E-state index contributed by atoms with van der Waals surface area (Å²) < 4.78 is 0. The minimum absolute atomic E-state index is 0.395. The van der Waals surface area contributed by atoms with Gasteiger partial charge in [0.25, 0.3) is 0 Å². The van der Waals surface area contributed by atoms with E-state index < -0.39 is 0 Å². The van der Waals surface area contributed by atoms with Crippen LogP contribution in [0.5, 0.6) is 0 Å². The molecule has 92 valence electrons. The number of carbonyl (C=O) groups is 1. The number of carbonyl (C=O) groups excluding carboxylic acids is 1. The molecular formula is C13H24N2O. The van der Waals surface area contributed by atoms with Crippen molar-refractivity contribution in [2.75, 3.05) is 32.7 Å². The van der Waals surface area contributed by atoms with Gasteiger partial charge in [-0.15, -0.1) is 0 Å². The molecule has 3 nitrogen and oxygen atoms in total. The average molecular weight is 224 g/mol. The minimum atomic E-state index is 0.395. The Morgan fingerprint density at radius 2 is 1.81 bits per heavy atom. The standard InChI is InChI=1S/C13H24N2O/c1-11(2)10-14-5-7-15(8-6-14)13(16)9-12-3-4-12/h11-12H,3-10H2,1-2H3. The molecule has 3 heteroatoms. The molecule has 0 atom stereocenters. The fraction of sp³-hybridized carbons (Fsp3) is 0.923. The summed E-state index contributed by atoms with van der Waals surface area (Å²) in [6.45, 7) is 9.69. The van der Waals surface area contributed by atoms with E-state index >= 15 is 0 Å². The summed E-state index contributed by atoms with van der Waals surface area (Å²) >= 11 is 0. The molecule has 0 aromatic heterocycles. The van der Waals surface area contributed by atoms with Crippen LogP contribution in [-0.4, -0.2) is 48.4 Å². The van der Waals surface area contributed by atoms with Crippen LogP contribution in [0.4, 0.5) is 0 Å². The molecule has 0 spiro atoms. The highest BCUT2D eigenvalue weighted by Gasteiger charge is 2.28. The third kappa shape index (κ3) is 3.48. The highest BCUT2D eigenvalue weighted by molar-refractivity contribution is 5.76. The summed E-state index contributed by atoms with van der Waals surface area (Å²) in [7, 11) is 0. The monoisotopic (exact) mass is 224 g/mol.